The first-order chi connectivity index (χ1) is 17.7. The number of nitrogens with one attached hydrogen (secondary N) is 1. The number of rotatable bonds is 3. The summed E-state index contributed by atoms with van der Waals surface area (Å²) in [7, 11) is 0. The highest BCUT2D eigenvalue weighted by atomic mass is 15.3. The van der Waals surface area contributed by atoms with E-state index in [1.54, 1.807) is 24.7 Å². The summed E-state index contributed by atoms with van der Waals surface area (Å²) in [4.78, 5) is 23.0. The van der Waals surface area contributed by atoms with Gasteiger partial charge in [-0.1, -0.05) is 23.6 Å². The van der Waals surface area contributed by atoms with Gasteiger partial charge in [-0.15, -0.1) is 0 Å². The van der Waals surface area contributed by atoms with Crippen molar-refractivity contribution in [2.75, 3.05) is 36.0 Å². The summed E-state index contributed by atoms with van der Waals surface area (Å²) >= 11 is 0. The molecule has 1 fully saturated rings. The van der Waals surface area contributed by atoms with Gasteiger partial charge >= 0.3 is 0 Å². The summed E-state index contributed by atoms with van der Waals surface area (Å²) in [6.07, 6.45) is 5.28. The van der Waals surface area contributed by atoms with Crippen molar-refractivity contribution in [2.45, 2.75) is 6.92 Å². The Morgan fingerprint density at radius 2 is 1.61 bits per heavy atom. The van der Waals surface area contributed by atoms with E-state index >= 15 is 0 Å². The Morgan fingerprint density at radius 1 is 0.806 bits per heavy atom. The second kappa shape index (κ2) is 9.47. The van der Waals surface area contributed by atoms with E-state index in [1.165, 1.54) is 11.3 Å². The van der Waals surface area contributed by atoms with Crippen LogP contribution in [0.3, 0.4) is 0 Å². The van der Waals surface area contributed by atoms with Gasteiger partial charge in [0, 0.05) is 55.2 Å². The van der Waals surface area contributed by atoms with Crippen molar-refractivity contribution < 1.29 is 0 Å². The van der Waals surface area contributed by atoms with E-state index in [-0.39, 0.29) is 0 Å². The van der Waals surface area contributed by atoms with Gasteiger partial charge < -0.3 is 9.80 Å². The van der Waals surface area contributed by atoms with Crippen LogP contribution in [-0.4, -0.2) is 56.3 Å². The van der Waals surface area contributed by atoms with Crippen molar-refractivity contribution in [3.05, 3.63) is 90.0 Å². The van der Waals surface area contributed by atoms with Gasteiger partial charge in [-0.05, 0) is 55.3 Å². The van der Waals surface area contributed by atoms with E-state index in [0.29, 0.717) is 23.2 Å². The molecular weight excluding hydrogens is 448 g/mol. The van der Waals surface area contributed by atoms with E-state index in [1.807, 2.05) is 24.3 Å². The normalized spacial score (nSPS) is 13.5. The molecule has 0 bridgehead atoms. The zero-order chi connectivity index (χ0) is 24.3. The topological polar surface area (TPSA) is 86.7 Å². The molecule has 1 saturated heterocycles. The number of hydrogen-bond donors (Lipinski definition) is 1. The first kappa shape index (κ1) is 21.7. The molecule has 1 aliphatic heterocycles. The highest BCUT2D eigenvalue weighted by Gasteiger charge is 2.20. The van der Waals surface area contributed by atoms with Crippen molar-refractivity contribution in [1.29, 1.82) is 0 Å². The molecule has 176 valence electrons. The number of aromatic nitrogens is 6. The van der Waals surface area contributed by atoms with Gasteiger partial charge in [0.25, 0.3) is 0 Å². The maximum absolute atomic E-state index is 4.78. The van der Waals surface area contributed by atoms with Crippen LogP contribution < -0.4 is 9.80 Å². The number of anilines is 2. The van der Waals surface area contributed by atoms with Crippen LogP contribution in [-0.2, 0) is 0 Å². The first-order valence-corrected chi connectivity index (χ1v) is 11.9. The largest absolute Gasteiger partial charge is 0.368 e. The third-order valence-corrected chi connectivity index (χ3v) is 6.26. The molecule has 1 aliphatic rings. The summed E-state index contributed by atoms with van der Waals surface area (Å²) in [5, 5.41) is 8.03. The Morgan fingerprint density at radius 3 is 2.47 bits per heavy atom. The van der Waals surface area contributed by atoms with Gasteiger partial charge in [-0.3, -0.25) is 5.10 Å². The smallest absolute Gasteiger partial charge is 0.226 e. The van der Waals surface area contributed by atoms with Crippen LogP contribution in [0.25, 0.3) is 22.4 Å². The van der Waals surface area contributed by atoms with Gasteiger partial charge in [-0.25, -0.2) is 19.9 Å². The molecule has 0 saturated carbocycles. The number of benzene rings is 2. The Labute approximate surface area is 209 Å². The van der Waals surface area contributed by atoms with Crippen LogP contribution >= 0.6 is 0 Å². The van der Waals surface area contributed by atoms with Gasteiger partial charge in [0.1, 0.15) is 11.4 Å². The average Bonchev–Trinajstić information content (AvgIpc) is 3.41. The molecule has 5 aromatic rings. The fourth-order valence-corrected chi connectivity index (χ4v) is 4.25. The number of hydrogen-bond acceptors (Lipinski definition) is 7. The number of fused-ring (bicyclic) bond motifs is 1. The maximum atomic E-state index is 4.78. The monoisotopic (exact) mass is 472 g/mol. The fraction of sp³-hybridized carbons (Fsp3) is 0.179. The van der Waals surface area contributed by atoms with Crippen LogP contribution in [0.2, 0.25) is 0 Å². The minimum absolute atomic E-state index is 0.536. The molecule has 4 heterocycles. The number of nitrogens with zero attached hydrogens (tertiary/aromatic N) is 7. The molecule has 0 unspecified atom stereocenters. The van der Waals surface area contributed by atoms with Crippen LogP contribution in [0.4, 0.5) is 11.6 Å². The number of aromatic amines is 1. The molecule has 8 heteroatoms. The minimum Gasteiger partial charge on any atom is -0.368 e. The second-order valence-corrected chi connectivity index (χ2v) is 8.74. The molecule has 0 radical (unpaired) electrons. The zero-order valence-corrected chi connectivity index (χ0v) is 19.9. The summed E-state index contributed by atoms with van der Waals surface area (Å²) in [5.41, 5.74) is 5.74. The third-order valence-electron chi connectivity index (χ3n) is 6.26. The lowest BCUT2D eigenvalue weighted by Gasteiger charge is -2.36. The quantitative estimate of drug-likeness (QED) is 0.399. The lowest BCUT2D eigenvalue weighted by atomic mass is 10.1. The first-order valence-electron chi connectivity index (χ1n) is 11.9. The number of H-pyrrole nitrogens is 1. The highest BCUT2D eigenvalue weighted by molar-refractivity contribution is 5.79. The van der Waals surface area contributed by atoms with Crippen molar-refractivity contribution in [3.63, 3.8) is 0 Å². The summed E-state index contributed by atoms with van der Waals surface area (Å²) in [6, 6.07) is 18.3. The van der Waals surface area contributed by atoms with Crippen molar-refractivity contribution in [2.24, 2.45) is 0 Å². The van der Waals surface area contributed by atoms with Crippen molar-refractivity contribution in [1.82, 2.24) is 30.1 Å². The van der Waals surface area contributed by atoms with E-state index in [0.717, 1.165) is 42.6 Å². The van der Waals surface area contributed by atoms with Crippen LogP contribution in [0.15, 0.2) is 73.2 Å². The Balaban J connectivity index is 1.17. The molecule has 0 amide bonds. The lowest BCUT2D eigenvalue weighted by molar-refractivity contribution is 0.640. The Hall–Kier alpha value is -4.77. The molecule has 1 N–H and O–H groups in total. The SMILES string of the molecule is Cc1ccc(N2CCN(c3nccc(-c4nccc(C#Cc5ccc6[nH]ncc6c5)n4)n3)CC2)cc1. The van der Waals surface area contributed by atoms with Crippen molar-refractivity contribution in [3.8, 4) is 23.4 Å². The van der Waals surface area contributed by atoms with E-state index in [9.17, 15) is 0 Å². The third kappa shape index (κ3) is 4.59. The molecule has 3 aromatic heterocycles. The Kier molecular flexibility index (Phi) is 5.72. The van der Waals surface area contributed by atoms with Crippen LogP contribution in [0, 0.1) is 18.8 Å². The standard InChI is InChI=1S/C28H24N8/c1-20-2-7-24(8-3-20)35-14-16-36(17-15-35)28-30-13-11-26(33-28)27-29-12-10-23(32-27)6-4-21-5-9-25-22(18-21)19-31-34-25/h2-3,5,7-13,18-19H,14-17H2,1H3,(H,31,34). The van der Waals surface area contributed by atoms with Gasteiger partial charge in [0.05, 0.1) is 11.7 Å². The Bertz CT molecular complexity index is 1570. The molecule has 8 nitrogen and oxygen atoms in total. The van der Waals surface area contributed by atoms with Gasteiger partial charge in [0.15, 0.2) is 5.82 Å². The molecule has 6 rings (SSSR count). The molecular formula is C28H24N8. The predicted molar refractivity (Wildman–Crippen MR) is 141 cm³/mol. The van der Waals surface area contributed by atoms with E-state index in [2.05, 4.69) is 78.0 Å². The predicted octanol–water partition coefficient (Wildman–Crippen LogP) is 3.84. The second-order valence-electron chi connectivity index (χ2n) is 8.74. The van der Waals surface area contributed by atoms with Gasteiger partial charge in [-0.2, -0.15) is 5.10 Å². The molecule has 0 aliphatic carbocycles. The minimum atomic E-state index is 0.536. The molecule has 2 aromatic carbocycles. The summed E-state index contributed by atoms with van der Waals surface area (Å²) in [5.74, 6) is 7.55. The van der Waals surface area contributed by atoms with Crippen LogP contribution in [0.1, 0.15) is 16.8 Å². The summed E-state index contributed by atoms with van der Waals surface area (Å²) in [6.45, 7) is 5.65. The average molecular weight is 473 g/mol. The lowest BCUT2D eigenvalue weighted by Crippen LogP contribution is -2.47. The maximum Gasteiger partial charge on any atom is 0.226 e. The van der Waals surface area contributed by atoms with Crippen molar-refractivity contribution >= 4 is 22.5 Å². The van der Waals surface area contributed by atoms with Gasteiger partial charge in [0.2, 0.25) is 5.95 Å². The van der Waals surface area contributed by atoms with E-state index < -0.39 is 0 Å². The molecule has 0 atom stereocenters. The molecule has 36 heavy (non-hydrogen) atoms. The summed E-state index contributed by atoms with van der Waals surface area (Å²) < 4.78 is 0. The zero-order valence-electron chi connectivity index (χ0n) is 19.9. The number of aryl methyl sites for hydroxylation is 1. The fourth-order valence-electron chi connectivity index (χ4n) is 4.25. The van der Waals surface area contributed by atoms with E-state index in [4.69, 9.17) is 4.98 Å². The van der Waals surface area contributed by atoms with Crippen LogP contribution in [0.5, 0.6) is 0 Å². The number of piperazine rings is 1. The highest BCUT2D eigenvalue weighted by Crippen LogP contribution is 2.21. The molecule has 0 spiro atoms.